The van der Waals surface area contributed by atoms with Crippen LogP contribution in [0.15, 0.2) is 5.38 Å². The Morgan fingerprint density at radius 1 is 1.53 bits per heavy atom. The zero-order valence-corrected chi connectivity index (χ0v) is 10.5. The van der Waals surface area contributed by atoms with Crippen LogP contribution >= 0.6 is 11.3 Å². The van der Waals surface area contributed by atoms with Crippen LogP contribution in [0.1, 0.15) is 42.7 Å². The van der Waals surface area contributed by atoms with Gasteiger partial charge in [-0.1, -0.05) is 20.8 Å². The second-order valence-electron chi connectivity index (χ2n) is 4.70. The first-order chi connectivity index (χ1) is 6.88. The van der Waals surface area contributed by atoms with Crippen molar-refractivity contribution in [1.82, 2.24) is 4.98 Å². The van der Waals surface area contributed by atoms with Crippen LogP contribution in [-0.2, 0) is 4.74 Å². The Labute approximate surface area is 94.5 Å². The fourth-order valence-corrected chi connectivity index (χ4v) is 1.56. The molecule has 0 saturated carbocycles. The van der Waals surface area contributed by atoms with E-state index in [1.165, 1.54) is 11.3 Å². The van der Waals surface area contributed by atoms with Gasteiger partial charge in [0.05, 0.1) is 11.6 Å². The third kappa shape index (κ3) is 4.42. The molecule has 1 rings (SSSR count). The van der Waals surface area contributed by atoms with E-state index in [1.54, 1.807) is 5.38 Å². The minimum absolute atomic E-state index is 0.193. The van der Waals surface area contributed by atoms with Crippen molar-refractivity contribution in [2.24, 2.45) is 5.41 Å². The highest BCUT2D eigenvalue weighted by Gasteiger charge is 2.14. The van der Waals surface area contributed by atoms with Crippen molar-refractivity contribution in [3.05, 3.63) is 16.1 Å². The van der Waals surface area contributed by atoms with E-state index >= 15 is 0 Å². The lowest BCUT2D eigenvalue weighted by Gasteiger charge is -2.17. The second-order valence-corrected chi connectivity index (χ2v) is 5.76. The molecule has 1 aromatic heterocycles. The summed E-state index contributed by atoms with van der Waals surface area (Å²) in [5, 5.41) is 2.62. The lowest BCUT2D eigenvalue weighted by Crippen LogP contribution is -2.13. The lowest BCUT2D eigenvalue weighted by atomic mass is 9.93. The first-order valence-corrected chi connectivity index (χ1v) is 5.86. The molecule has 0 aliphatic rings. The molecule has 84 valence electrons. The molecule has 1 heterocycles. The molecule has 0 aliphatic heterocycles. The molecular weight excluding hydrogens is 210 g/mol. The predicted octanol–water partition coefficient (Wildman–Crippen LogP) is 3.04. The third-order valence-electron chi connectivity index (χ3n) is 1.91. The summed E-state index contributed by atoms with van der Waals surface area (Å²) in [6.45, 7) is 8.69. The summed E-state index contributed by atoms with van der Waals surface area (Å²) in [5.74, 6) is -0.316. The number of esters is 1. The van der Waals surface area contributed by atoms with Crippen LogP contribution in [0.4, 0.5) is 0 Å². The van der Waals surface area contributed by atoms with E-state index in [9.17, 15) is 4.79 Å². The topological polar surface area (TPSA) is 39.2 Å². The van der Waals surface area contributed by atoms with Crippen LogP contribution in [0.3, 0.4) is 0 Å². The van der Waals surface area contributed by atoms with Gasteiger partial charge in [0.25, 0.3) is 0 Å². The number of carbonyl (C=O) groups is 1. The molecule has 0 fully saturated rings. The number of hydrogen-bond acceptors (Lipinski definition) is 4. The van der Waals surface area contributed by atoms with Gasteiger partial charge in [0.2, 0.25) is 0 Å². The largest absolute Gasteiger partial charge is 0.461 e. The molecule has 0 spiro atoms. The Bertz CT molecular complexity index is 339. The van der Waals surface area contributed by atoms with E-state index in [0.29, 0.717) is 12.3 Å². The minimum atomic E-state index is -0.316. The van der Waals surface area contributed by atoms with Crippen LogP contribution in [0, 0.1) is 12.3 Å². The third-order valence-corrected chi connectivity index (χ3v) is 2.69. The highest BCUT2D eigenvalue weighted by Crippen LogP contribution is 2.18. The fraction of sp³-hybridized carbons (Fsp3) is 0.636. The monoisotopic (exact) mass is 227 g/mol. The van der Waals surface area contributed by atoms with Gasteiger partial charge in [-0.2, -0.15) is 0 Å². The minimum Gasteiger partial charge on any atom is -0.461 e. The van der Waals surface area contributed by atoms with Crippen LogP contribution in [0.5, 0.6) is 0 Å². The van der Waals surface area contributed by atoms with E-state index < -0.39 is 0 Å². The highest BCUT2D eigenvalue weighted by atomic mass is 32.1. The smallest absolute Gasteiger partial charge is 0.357 e. The molecule has 15 heavy (non-hydrogen) atoms. The Hall–Kier alpha value is -0.900. The van der Waals surface area contributed by atoms with Crippen molar-refractivity contribution in [3.8, 4) is 0 Å². The Kier molecular flexibility index (Phi) is 3.85. The summed E-state index contributed by atoms with van der Waals surface area (Å²) >= 11 is 1.46. The van der Waals surface area contributed by atoms with E-state index in [0.717, 1.165) is 11.4 Å². The maximum Gasteiger partial charge on any atom is 0.357 e. The number of ether oxygens (including phenoxy) is 1. The summed E-state index contributed by atoms with van der Waals surface area (Å²) in [6.07, 6.45) is 0.863. The van der Waals surface area contributed by atoms with Crippen molar-refractivity contribution < 1.29 is 9.53 Å². The molecule has 0 saturated heterocycles. The number of nitrogens with zero attached hydrogens (tertiary/aromatic N) is 1. The first-order valence-electron chi connectivity index (χ1n) is 4.98. The second kappa shape index (κ2) is 4.75. The Morgan fingerprint density at radius 3 is 2.67 bits per heavy atom. The number of thiazole rings is 1. The summed E-state index contributed by atoms with van der Waals surface area (Å²) in [7, 11) is 0. The average Bonchev–Trinajstić information content (AvgIpc) is 2.49. The van der Waals surface area contributed by atoms with Crippen molar-refractivity contribution in [1.29, 1.82) is 0 Å². The van der Waals surface area contributed by atoms with E-state index in [4.69, 9.17) is 4.74 Å². The number of carbonyl (C=O) groups excluding carboxylic acids is 1. The Balaban J connectivity index is 2.37. The van der Waals surface area contributed by atoms with Gasteiger partial charge in [-0.05, 0) is 18.8 Å². The molecule has 0 bridgehead atoms. The zero-order valence-electron chi connectivity index (χ0n) is 9.66. The van der Waals surface area contributed by atoms with Gasteiger partial charge < -0.3 is 4.74 Å². The SMILES string of the molecule is Cc1nc(C(=O)OCCC(C)(C)C)cs1. The number of hydrogen-bond donors (Lipinski definition) is 0. The maximum atomic E-state index is 11.5. The first kappa shape index (κ1) is 12.2. The number of aromatic nitrogens is 1. The summed E-state index contributed by atoms with van der Waals surface area (Å²) in [6, 6.07) is 0. The summed E-state index contributed by atoms with van der Waals surface area (Å²) in [5.41, 5.74) is 0.615. The van der Waals surface area contributed by atoms with Crippen LogP contribution in [-0.4, -0.2) is 17.6 Å². The molecule has 0 aromatic carbocycles. The van der Waals surface area contributed by atoms with E-state index in [1.807, 2.05) is 6.92 Å². The van der Waals surface area contributed by atoms with Crippen molar-refractivity contribution in [3.63, 3.8) is 0 Å². The standard InChI is InChI=1S/C11H17NO2S/c1-8-12-9(7-15-8)10(13)14-6-5-11(2,3)4/h7H,5-6H2,1-4H3. The molecule has 1 aromatic rings. The zero-order chi connectivity index (χ0) is 11.5. The van der Waals surface area contributed by atoms with Crippen LogP contribution in [0.2, 0.25) is 0 Å². The predicted molar refractivity (Wildman–Crippen MR) is 61.2 cm³/mol. The molecule has 0 aliphatic carbocycles. The summed E-state index contributed by atoms with van der Waals surface area (Å²) < 4.78 is 5.12. The van der Waals surface area contributed by atoms with Crippen molar-refractivity contribution >= 4 is 17.3 Å². The average molecular weight is 227 g/mol. The van der Waals surface area contributed by atoms with E-state index in [-0.39, 0.29) is 11.4 Å². The van der Waals surface area contributed by atoms with Gasteiger partial charge in [-0.15, -0.1) is 11.3 Å². The highest BCUT2D eigenvalue weighted by molar-refractivity contribution is 7.09. The molecule has 0 N–H and O–H groups in total. The number of aryl methyl sites for hydroxylation is 1. The van der Waals surface area contributed by atoms with Crippen LogP contribution < -0.4 is 0 Å². The molecule has 0 unspecified atom stereocenters. The molecule has 0 atom stereocenters. The summed E-state index contributed by atoms with van der Waals surface area (Å²) in [4.78, 5) is 15.5. The quantitative estimate of drug-likeness (QED) is 0.745. The Morgan fingerprint density at radius 2 is 2.20 bits per heavy atom. The van der Waals surface area contributed by atoms with Gasteiger partial charge in [0.15, 0.2) is 5.69 Å². The van der Waals surface area contributed by atoms with Crippen LogP contribution in [0.25, 0.3) is 0 Å². The maximum absolute atomic E-state index is 11.5. The van der Waals surface area contributed by atoms with Gasteiger partial charge in [0.1, 0.15) is 0 Å². The molecule has 3 nitrogen and oxygen atoms in total. The van der Waals surface area contributed by atoms with Gasteiger partial charge in [0, 0.05) is 5.38 Å². The molecule has 0 radical (unpaired) electrons. The normalized spacial score (nSPS) is 11.5. The molecular formula is C11H17NO2S. The van der Waals surface area contributed by atoms with Crippen molar-refractivity contribution in [2.45, 2.75) is 34.1 Å². The van der Waals surface area contributed by atoms with Crippen molar-refractivity contribution in [2.75, 3.05) is 6.61 Å². The van der Waals surface area contributed by atoms with Gasteiger partial charge in [-0.25, -0.2) is 9.78 Å². The van der Waals surface area contributed by atoms with Gasteiger partial charge in [-0.3, -0.25) is 0 Å². The number of rotatable bonds is 3. The lowest BCUT2D eigenvalue weighted by molar-refractivity contribution is 0.0459. The molecule has 0 amide bonds. The van der Waals surface area contributed by atoms with E-state index in [2.05, 4.69) is 25.8 Å². The fourth-order valence-electron chi connectivity index (χ4n) is 0.981. The van der Waals surface area contributed by atoms with Gasteiger partial charge >= 0.3 is 5.97 Å². The molecule has 4 heteroatoms.